The largest absolute Gasteiger partial charge is 0.508 e. The van der Waals surface area contributed by atoms with Gasteiger partial charge in [0.05, 0.1) is 17.5 Å². The van der Waals surface area contributed by atoms with Gasteiger partial charge in [-0.2, -0.15) is 0 Å². The highest BCUT2D eigenvalue weighted by atomic mass is 35.5. The van der Waals surface area contributed by atoms with E-state index in [2.05, 4.69) is 17.0 Å². The van der Waals surface area contributed by atoms with E-state index in [1.165, 1.54) is 28.7 Å². The smallest absolute Gasteiger partial charge is 0.258 e. The minimum Gasteiger partial charge on any atom is -0.508 e. The number of imide groups is 2. The number of hydrogen-bond acceptors (Lipinski definition) is 7. The zero-order chi connectivity index (χ0) is 39.6. The number of hydrogen-bond donors (Lipinski definition) is 1. The van der Waals surface area contributed by atoms with E-state index in [0.717, 1.165) is 42.2 Å². The Hall–Kier alpha value is -5.03. The molecule has 9 rings (SSSR count). The summed E-state index contributed by atoms with van der Waals surface area (Å²) in [6, 6.07) is 29.0. The molecule has 4 fully saturated rings. The molecule has 1 saturated carbocycles. The number of aromatic hydroxyl groups is 1. The second-order valence-corrected chi connectivity index (χ2v) is 17.0. The number of phenolic OH excluding ortho intramolecular Hbond substituents is 1. The van der Waals surface area contributed by atoms with E-state index in [0.29, 0.717) is 24.2 Å². The number of phenols is 1. The lowest BCUT2D eigenvalue weighted by molar-refractivity contribution is -0.144. The third-order valence-corrected chi connectivity index (χ3v) is 14.1. The minimum atomic E-state index is -2.17. The third kappa shape index (κ3) is 6.06. The molecule has 1 N–H and O–H groups in total. The van der Waals surface area contributed by atoms with Crippen molar-refractivity contribution in [3.05, 3.63) is 137 Å². The van der Waals surface area contributed by atoms with E-state index >= 15 is 0 Å². The molecule has 3 aliphatic heterocycles. The fraction of sp³-hybridized carbons (Fsp3) is 0.333. The van der Waals surface area contributed by atoms with Gasteiger partial charge in [-0.1, -0.05) is 78.4 Å². The van der Waals surface area contributed by atoms with Crippen LogP contribution in [0.2, 0.25) is 0 Å². The van der Waals surface area contributed by atoms with Crippen LogP contribution in [0.1, 0.15) is 48.3 Å². The molecule has 6 atom stereocenters. The zero-order valence-corrected chi connectivity index (χ0v) is 32.4. The van der Waals surface area contributed by atoms with Gasteiger partial charge in [0.1, 0.15) is 23.9 Å². The van der Waals surface area contributed by atoms with Crippen molar-refractivity contribution in [2.24, 2.45) is 17.8 Å². The maximum Gasteiger partial charge on any atom is 0.258 e. The summed E-state index contributed by atoms with van der Waals surface area (Å²) in [6.45, 7) is 2.47. The van der Waals surface area contributed by atoms with Gasteiger partial charge < -0.3 is 9.84 Å². The Balaban J connectivity index is 1.06. The molecular formula is C45H40Cl2FN3O6. The molecule has 4 aromatic carbocycles. The highest BCUT2D eigenvalue weighted by molar-refractivity contribution is 6.58. The molecule has 3 saturated heterocycles. The monoisotopic (exact) mass is 807 g/mol. The quantitative estimate of drug-likeness (QED) is 0.113. The first-order valence-corrected chi connectivity index (χ1v) is 20.1. The van der Waals surface area contributed by atoms with Gasteiger partial charge in [0.15, 0.2) is 9.75 Å². The molecule has 12 heteroatoms. The summed E-state index contributed by atoms with van der Waals surface area (Å²) in [5.74, 6) is -6.12. The van der Waals surface area contributed by atoms with Gasteiger partial charge in [0.2, 0.25) is 11.8 Å². The highest BCUT2D eigenvalue weighted by Crippen LogP contribution is 2.66. The number of halogens is 3. The van der Waals surface area contributed by atoms with Gasteiger partial charge in [-0.3, -0.25) is 29.0 Å². The van der Waals surface area contributed by atoms with Crippen LogP contribution in [-0.2, 0) is 32.3 Å². The Bertz CT molecular complexity index is 2290. The number of rotatable bonds is 8. The first-order chi connectivity index (χ1) is 27.5. The van der Waals surface area contributed by atoms with Crippen LogP contribution in [0.3, 0.4) is 0 Å². The molecule has 292 valence electrons. The Labute approximate surface area is 339 Å². The van der Waals surface area contributed by atoms with E-state index in [1.807, 2.05) is 54.6 Å². The summed E-state index contributed by atoms with van der Waals surface area (Å²) in [5.41, 5.74) is 2.99. The van der Waals surface area contributed by atoms with Crippen molar-refractivity contribution in [2.45, 2.75) is 60.5 Å². The third-order valence-electron chi connectivity index (χ3n) is 12.7. The lowest BCUT2D eigenvalue weighted by atomic mass is 9.56. The molecule has 57 heavy (non-hydrogen) atoms. The number of fused-ring (bicyclic) bond motifs is 4. The Morgan fingerprint density at radius 1 is 0.789 bits per heavy atom. The lowest BCUT2D eigenvalue weighted by Crippen LogP contribution is -2.60. The van der Waals surface area contributed by atoms with Crippen LogP contribution >= 0.6 is 23.2 Å². The van der Waals surface area contributed by atoms with Gasteiger partial charge in [-0.05, 0) is 73.1 Å². The Kier molecular flexibility index (Phi) is 9.49. The predicted octanol–water partition coefficient (Wildman–Crippen LogP) is 7.34. The van der Waals surface area contributed by atoms with E-state index in [9.17, 15) is 28.7 Å². The van der Waals surface area contributed by atoms with Crippen molar-refractivity contribution in [1.82, 2.24) is 9.80 Å². The van der Waals surface area contributed by atoms with E-state index < -0.39 is 51.1 Å². The molecule has 4 aromatic rings. The summed E-state index contributed by atoms with van der Waals surface area (Å²) >= 11 is 15.0. The van der Waals surface area contributed by atoms with Crippen molar-refractivity contribution >= 4 is 52.5 Å². The van der Waals surface area contributed by atoms with Crippen LogP contribution in [0.25, 0.3) is 0 Å². The number of alkyl halides is 2. The number of piperidine rings is 1. The molecule has 0 aromatic heterocycles. The van der Waals surface area contributed by atoms with Crippen LogP contribution in [0.4, 0.5) is 10.1 Å². The summed E-state index contributed by atoms with van der Waals surface area (Å²) in [7, 11) is 0. The maximum atomic E-state index is 14.7. The number of ether oxygens (including phenoxy) is 1. The number of nitrogens with zero attached hydrogens (tertiary/aromatic N) is 3. The standard InChI is InChI=1S/C45H40Cl2FN3O6/c46-44-24-36-33(17-18-35-38(36)41(54)50(40(35)53)31-19-21-49(22-20-31)25-27-7-3-1-4-8-27)39(34-16-15-32(23-37(34)52)57-26-28-9-5-2-6-10-28)45(44,47)43(56)51(42(44)55)30-13-11-29(48)12-14-30/h1-17,23,31,35-36,38-39,52H,18-22,24-26H2. The first kappa shape index (κ1) is 37.5. The Morgan fingerprint density at radius 2 is 1.46 bits per heavy atom. The molecule has 9 nitrogen and oxygen atoms in total. The van der Waals surface area contributed by atoms with Gasteiger partial charge in [-0.25, -0.2) is 9.29 Å². The molecule has 0 bridgehead atoms. The number of amides is 4. The molecular weight excluding hydrogens is 768 g/mol. The fourth-order valence-electron chi connectivity index (χ4n) is 9.90. The van der Waals surface area contributed by atoms with Crippen molar-refractivity contribution < 1.29 is 33.4 Å². The summed E-state index contributed by atoms with van der Waals surface area (Å²) in [5, 5.41) is 11.7. The van der Waals surface area contributed by atoms with E-state index in [1.54, 1.807) is 12.1 Å². The summed E-state index contributed by atoms with van der Waals surface area (Å²) < 4.78 is 20.0. The Morgan fingerprint density at radius 3 is 2.12 bits per heavy atom. The minimum absolute atomic E-state index is 0.0835. The zero-order valence-electron chi connectivity index (χ0n) is 30.9. The summed E-state index contributed by atoms with van der Waals surface area (Å²) in [6.07, 6.45) is 3.13. The molecule has 3 heterocycles. The predicted molar refractivity (Wildman–Crippen MR) is 212 cm³/mol. The number of allylic oxidation sites excluding steroid dienone is 2. The number of anilines is 1. The number of carbonyl (C=O) groups is 4. The second kappa shape index (κ2) is 14.4. The molecule has 6 unspecified atom stereocenters. The number of carbonyl (C=O) groups excluding carboxylic acids is 4. The maximum absolute atomic E-state index is 14.7. The topological polar surface area (TPSA) is 107 Å². The molecule has 4 amide bonds. The average Bonchev–Trinajstić information content (AvgIpc) is 3.56. The van der Waals surface area contributed by atoms with Gasteiger partial charge in [0.25, 0.3) is 11.8 Å². The van der Waals surface area contributed by atoms with E-state index in [4.69, 9.17) is 27.9 Å². The summed E-state index contributed by atoms with van der Waals surface area (Å²) in [4.78, 5) is 58.7. The van der Waals surface area contributed by atoms with Crippen LogP contribution in [0.15, 0.2) is 115 Å². The molecule has 5 aliphatic rings. The molecule has 0 spiro atoms. The van der Waals surface area contributed by atoms with Gasteiger partial charge in [0, 0.05) is 43.2 Å². The SMILES string of the molecule is O=C1C2CC=C3C(CC4(Cl)C(=O)N(c5ccc(F)cc5)C(=O)C4(Cl)C3c3ccc(OCc4ccccc4)cc3O)C2C(=O)N1C1CCN(Cc2ccccc2)CC1. The average molecular weight is 809 g/mol. The number of likely N-dealkylation sites (tertiary alicyclic amines) is 2. The fourth-order valence-corrected chi connectivity index (χ4v) is 10.8. The van der Waals surface area contributed by atoms with Gasteiger partial charge in [-0.15, -0.1) is 23.2 Å². The normalized spacial score (nSPS) is 28.9. The van der Waals surface area contributed by atoms with Crippen LogP contribution in [0, 0.1) is 23.6 Å². The molecule has 2 aliphatic carbocycles. The van der Waals surface area contributed by atoms with Crippen molar-refractivity contribution in [2.75, 3.05) is 18.0 Å². The van der Waals surface area contributed by atoms with Crippen LogP contribution in [-0.4, -0.2) is 67.4 Å². The first-order valence-electron chi connectivity index (χ1n) is 19.3. The molecule has 0 radical (unpaired) electrons. The lowest BCUT2D eigenvalue weighted by Gasteiger charge is -2.50. The van der Waals surface area contributed by atoms with Crippen molar-refractivity contribution in [3.63, 3.8) is 0 Å². The van der Waals surface area contributed by atoms with E-state index in [-0.39, 0.29) is 54.3 Å². The van der Waals surface area contributed by atoms with Crippen molar-refractivity contribution in [1.29, 1.82) is 0 Å². The van der Waals surface area contributed by atoms with Crippen molar-refractivity contribution in [3.8, 4) is 11.5 Å². The highest BCUT2D eigenvalue weighted by Gasteiger charge is 2.77. The van der Waals surface area contributed by atoms with Crippen LogP contribution in [0.5, 0.6) is 11.5 Å². The van der Waals surface area contributed by atoms with Gasteiger partial charge >= 0.3 is 0 Å². The second-order valence-electron chi connectivity index (χ2n) is 15.8. The van der Waals surface area contributed by atoms with Crippen LogP contribution < -0.4 is 9.64 Å². The number of benzene rings is 4.